The molecule has 3 aromatic carbocycles. The van der Waals surface area contributed by atoms with Crippen molar-refractivity contribution in [2.24, 2.45) is 11.8 Å². The zero-order valence-electron chi connectivity index (χ0n) is 23.1. The SMILES string of the molecule is C[C@H]1C2Cc3ccc(C(=O)N(C)[C@@H]4C[C@@H]4c4ccc(-c5ccccc5)cc4)cc3[C@@]1(C)CCN2CC1CC1. The number of rotatable bonds is 6. The molecule has 3 aromatic rings. The van der Waals surface area contributed by atoms with Crippen LogP contribution >= 0.6 is 0 Å². The quantitative estimate of drug-likeness (QED) is 0.364. The standard InChI is InChI=1S/C35H40N2O/c1-23-32-20-28-15-16-29(19-31(28)35(23,2)17-18-37(32)22-24-9-10-24)34(38)36(3)33-21-30(33)27-13-11-26(12-14-27)25-7-5-4-6-8-25/h4-8,11-16,19,23-24,30,32-33H,9-10,17-18,20-22H2,1-3H3/t23-,30+,32?,33+,35-/m0/s1. The van der Waals surface area contributed by atoms with Gasteiger partial charge in [-0.15, -0.1) is 0 Å². The first kappa shape index (κ1) is 24.2. The molecule has 1 saturated heterocycles. The number of carbonyl (C=O) groups is 1. The summed E-state index contributed by atoms with van der Waals surface area (Å²) >= 11 is 0. The maximum atomic E-state index is 13.7. The summed E-state index contributed by atoms with van der Waals surface area (Å²) in [6.07, 6.45) is 6.22. The zero-order chi connectivity index (χ0) is 26.0. The fourth-order valence-corrected chi connectivity index (χ4v) is 7.57. The molecule has 1 amide bonds. The van der Waals surface area contributed by atoms with Gasteiger partial charge >= 0.3 is 0 Å². The highest BCUT2D eigenvalue weighted by atomic mass is 16.2. The van der Waals surface area contributed by atoms with Gasteiger partial charge in [0.15, 0.2) is 0 Å². The molecule has 3 aliphatic carbocycles. The van der Waals surface area contributed by atoms with Crippen LogP contribution in [0.4, 0.5) is 0 Å². The molecule has 7 rings (SSSR count). The third-order valence-electron chi connectivity index (χ3n) is 10.6. The van der Waals surface area contributed by atoms with Gasteiger partial charge in [-0.05, 0) is 95.8 Å². The van der Waals surface area contributed by atoms with Gasteiger partial charge in [-0.3, -0.25) is 9.69 Å². The molecule has 5 atom stereocenters. The number of hydrogen-bond donors (Lipinski definition) is 0. The molecular formula is C35H40N2O. The van der Waals surface area contributed by atoms with Gasteiger partial charge in [-0.25, -0.2) is 0 Å². The molecule has 0 N–H and O–H groups in total. The largest absolute Gasteiger partial charge is 0.338 e. The lowest BCUT2D eigenvalue weighted by Crippen LogP contribution is -2.58. The van der Waals surface area contributed by atoms with Crippen molar-refractivity contribution in [3.05, 3.63) is 95.1 Å². The molecule has 196 valence electrons. The molecular weight excluding hydrogens is 464 g/mol. The predicted octanol–water partition coefficient (Wildman–Crippen LogP) is 6.92. The summed E-state index contributed by atoms with van der Waals surface area (Å²) in [5.74, 6) is 2.17. The Kier molecular flexibility index (Phi) is 5.78. The average molecular weight is 505 g/mol. The molecule has 3 fully saturated rings. The van der Waals surface area contributed by atoms with E-state index in [4.69, 9.17) is 0 Å². The molecule has 0 aromatic heterocycles. The fourth-order valence-electron chi connectivity index (χ4n) is 7.57. The predicted molar refractivity (Wildman–Crippen MR) is 154 cm³/mol. The Morgan fingerprint density at radius 2 is 1.74 bits per heavy atom. The number of hydrogen-bond acceptors (Lipinski definition) is 2. The summed E-state index contributed by atoms with van der Waals surface area (Å²) in [7, 11) is 2.00. The average Bonchev–Trinajstić information content (AvgIpc) is 3.88. The lowest BCUT2D eigenvalue weighted by atomic mass is 9.59. The number of nitrogens with zero attached hydrogens (tertiary/aromatic N) is 2. The Balaban J connectivity index is 1.06. The Bertz CT molecular complexity index is 1340. The molecule has 3 nitrogen and oxygen atoms in total. The van der Waals surface area contributed by atoms with Gasteiger partial charge in [-0.1, -0.05) is 74.5 Å². The first-order chi connectivity index (χ1) is 18.4. The summed E-state index contributed by atoms with van der Waals surface area (Å²) in [5.41, 5.74) is 7.76. The zero-order valence-corrected chi connectivity index (χ0v) is 23.1. The first-order valence-corrected chi connectivity index (χ1v) is 14.7. The van der Waals surface area contributed by atoms with Gasteiger partial charge < -0.3 is 4.90 Å². The second-order valence-corrected chi connectivity index (χ2v) is 12.9. The molecule has 1 heterocycles. The number of benzene rings is 3. The maximum Gasteiger partial charge on any atom is 0.253 e. The molecule has 2 bridgehead atoms. The fraction of sp³-hybridized carbons (Fsp3) is 0.457. The summed E-state index contributed by atoms with van der Waals surface area (Å²) in [4.78, 5) is 18.5. The van der Waals surface area contributed by atoms with Crippen molar-refractivity contribution in [3.63, 3.8) is 0 Å². The van der Waals surface area contributed by atoms with Crippen molar-refractivity contribution in [3.8, 4) is 11.1 Å². The monoisotopic (exact) mass is 504 g/mol. The smallest absolute Gasteiger partial charge is 0.253 e. The minimum absolute atomic E-state index is 0.162. The van der Waals surface area contributed by atoms with Gasteiger partial charge in [0.25, 0.3) is 5.91 Å². The van der Waals surface area contributed by atoms with Crippen LogP contribution in [0.2, 0.25) is 0 Å². The van der Waals surface area contributed by atoms with Crippen LogP contribution in [0.5, 0.6) is 0 Å². The van der Waals surface area contributed by atoms with Gasteiger partial charge in [0.2, 0.25) is 0 Å². The molecule has 4 aliphatic rings. The van der Waals surface area contributed by atoms with Crippen molar-refractivity contribution in [1.82, 2.24) is 9.80 Å². The highest BCUT2D eigenvalue weighted by molar-refractivity contribution is 5.95. The van der Waals surface area contributed by atoms with Crippen LogP contribution in [0.3, 0.4) is 0 Å². The Labute approximate surface area is 227 Å². The van der Waals surface area contributed by atoms with Crippen LogP contribution in [0.25, 0.3) is 11.1 Å². The van der Waals surface area contributed by atoms with E-state index >= 15 is 0 Å². The van der Waals surface area contributed by atoms with E-state index in [1.807, 2.05) is 11.9 Å². The minimum atomic E-state index is 0.162. The van der Waals surface area contributed by atoms with E-state index in [9.17, 15) is 4.79 Å². The summed E-state index contributed by atoms with van der Waals surface area (Å²) in [6.45, 7) is 7.42. The normalized spacial score (nSPS) is 30.0. The van der Waals surface area contributed by atoms with E-state index in [-0.39, 0.29) is 17.4 Å². The maximum absolute atomic E-state index is 13.7. The van der Waals surface area contributed by atoms with E-state index < -0.39 is 0 Å². The number of amides is 1. The minimum Gasteiger partial charge on any atom is -0.338 e. The van der Waals surface area contributed by atoms with Crippen LogP contribution in [-0.2, 0) is 11.8 Å². The van der Waals surface area contributed by atoms with Crippen LogP contribution in [0, 0.1) is 11.8 Å². The second kappa shape index (κ2) is 9.09. The number of fused-ring (bicyclic) bond motifs is 4. The van der Waals surface area contributed by atoms with Crippen LogP contribution < -0.4 is 0 Å². The summed E-state index contributed by atoms with van der Waals surface area (Å²) in [5, 5.41) is 0. The second-order valence-electron chi connectivity index (χ2n) is 12.9. The van der Waals surface area contributed by atoms with E-state index in [1.165, 1.54) is 60.2 Å². The van der Waals surface area contributed by atoms with Crippen LogP contribution in [0.15, 0.2) is 72.8 Å². The highest BCUT2D eigenvalue weighted by Gasteiger charge is 2.49. The Morgan fingerprint density at radius 1 is 1.00 bits per heavy atom. The molecule has 3 heteroatoms. The van der Waals surface area contributed by atoms with E-state index in [0.717, 1.165) is 24.3 Å². The third-order valence-corrected chi connectivity index (χ3v) is 10.6. The number of likely N-dealkylation sites (tertiary alicyclic amines) is 1. The highest BCUT2D eigenvalue weighted by Crippen LogP contribution is 2.50. The molecule has 38 heavy (non-hydrogen) atoms. The summed E-state index contributed by atoms with van der Waals surface area (Å²) in [6, 6.07) is 27.0. The van der Waals surface area contributed by atoms with Gasteiger partial charge in [0, 0.05) is 37.2 Å². The van der Waals surface area contributed by atoms with Crippen molar-refractivity contribution >= 4 is 5.91 Å². The van der Waals surface area contributed by atoms with Gasteiger partial charge in [0.05, 0.1) is 0 Å². The first-order valence-electron chi connectivity index (χ1n) is 14.7. The molecule has 0 spiro atoms. The molecule has 2 saturated carbocycles. The topological polar surface area (TPSA) is 23.6 Å². The third kappa shape index (κ3) is 4.11. The molecule has 1 aliphatic heterocycles. The van der Waals surface area contributed by atoms with E-state index in [1.54, 1.807) is 0 Å². The Morgan fingerprint density at radius 3 is 2.47 bits per heavy atom. The van der Waals surface area contributed by atoms with Crippen LogP contribution in [0.1, 0.15) is 72.5 Å². The van der Waals surface area contributed by atoms with Crippen molar-refractivity contribution in [2.75, 3.05) is 20.1 Å². The number of piperidine rings is 1. The van der Waals surface area contributed by atoms with Crippen LogP contribution in [-0.4, -0.2) is 47.9 Å². The lowest BCUT2D eigenvalue weighted by molar-refractivity contribution is 0.0283. The number of likely N-dealkylation sites (N-methyl/N-ethyl adjacent to an activating group) is 1. The van der Waals surface area contributed by atoms with E-state index in [2.05, 4.69) is 91.5 Å². The van der Waals surface area contributed by atoms with Crippen molar-refractivity contribution < 1.29 is 4.79 Å². The van der Waals surface area contributed by atoms with E-state index in [0.29, 0.717) is 17.9 Å². The van der Waals surface area contributed by atoms with Gasteiger partial charge in [-0.2, -0.15) is 0 Å². The lowest BCUT2D eigenvalue weighted by Gasteiger charge is -2.55. The summed E-state index contributed by atoms with van der Waals surface area (Å²) < 4.78 is 0. The van der Waals surface area contributed by atoms with Crippen molar-refractivity contribution in [2.45, 2.75) is 69.4 Å². The number of carbonyl (C=O) groups excluding carboxylic acids is 1. The van der Waals surface area contributed by atoms with Crippen molar-refractivity contribution in [1.29, 1.82) is 0 Å². The molecule has 1 unspecified atom stereocenters. The molecule has 0 radical (unpaired) electrons. The van der Waals surface area contributed by atoms with Gasteiger partial charge in [0.1, 0.15) is 0 Å². The Hall–Kier alpha value is -2.91.